The lowest BCUT2D eigenvalue weighted by atomic mass is 10.0. The lowest BCUT2D eigenvalue weighted by Crippen LogP contribution is -2.36. The predicted molar refractivity (Wildman–Crippen MR) is 92.6 cm³/mol. The summed E-state index contributed by atoms with van der Waals surface area (Å²) in [5.74, 6) is 0.121. The van der Waals surface area contributed by atoms with E-state index in [1.54, 1.807) is 11.1 Å². The highest BCUT2D eigenvalue weighted by Gasteiger charge is 2.22. The zero-order chi connectivity index (χ0) is 16.8. The number of allylic oxidation sites excluding steroid dienone is 7. The number of aryl methyl sites for hydroxylation is 1. The third-order valence-corrected chi connectivity index (χ3v) is 3.55. The zero-order valence-corrected chi connectivity index (χ0v) is 13.4. The molecule has 0 bridgehead atoms. The Bertz CT molecular complexity index is 740. The van der Waals surface area contributed by atoms with Crippen LogP contribution in [-0.4, -0.2) is 10.9 Å². The molecule has 4 nitrogen and oxygen atoms in total. The molecule has 0 atom stereocenters. The molecule has 0 amide bonds. The second-order valence-corrected chi connectivity index (χ2v) is 5.23. The Morgan fingerprint density at radius 2 is 2.17 bits per heavy atom. The third kappa shape index (κ3) is 3.86. The van der Waals surface area contributed by atoms with Crippen LogP contribution in [0.3, 0.4) is 0 Å². The fourth-order valence-electron chi connectivity index (χ4n) is 2.38. The molecule has 1 N–H and O–H groups in total. The molecule has 1 aromatic rings. The Kier molecular flexibility index (Phi) is 5.31. The second kappa shape index (κ2) is 7.40. The number of hydrogen-bond acceptors (Lipinski definition) is 3. The van der Waals surface area contributed by atoms with Gasteiger partial charge in [0.25, 0.3) is 5.82 Å². The van der Waals surface area contributed by atoms with Gasteiger partial charge in [-0.2, -0.15) is 0 Å². The number of rotatable bonds is 5. The molecule has 1 heterocycles. The highest BCUT2D eigenvalue weighted by molar-refractivity contribution is 5.91. The van der Waals surface area contributed by atoms with E-state index < -0.39 is 5.78 Å². The van der Waals surface area contributed by atoms with Crippen molar-refractivity contribution in [1.29, 1.82) is 0 Å². The molecule has 0 aliphatic heterocycles. The summed E-state index contributed by atoms with van der Waals surface area (Å²) in [6, 6.07) is 3.98. The standard InChI is InChI=1S/C19H20N2O2/c1-4-21(14-18(23)15(2)22)19-17(12-9-13-20(19)3)16-10-7-5-6-8-11-16/h4-10,12-14H,1,11H2,2-3H3/p+1. The van der Waals surface area contributed by atoms with Gasteiger partial charge in [-0.05, 0) is 24.1 Å². The van der Waals surface area contributed by atoms with Gasteiger partial charge in [-0.25, -0.2) is 9.47 Å². The van der Waals surface area contributed by atoms with E-state index >= 15 is 0 Å². The third-order valence-electron chi connectivity index (χ3n) is 3.55. The number of ketones is 1. The van der Waals surface area contributed by atoms with Gasteiger partial charge in [0.05, 0.1) is 25.0 Å². The Labute approximate surface area is 136 Å². The lowest BCUT2D eigenvalue weighted by molar-refractivity contribution is -0.658. The maximum Gasteiger partial charge on any atom is 0.293 e. The molecule has 2 rings (SSSR count). The van der Waals surface area contributed by atoms with Crippen LogP contribution in [0.1, 0.15) is 18.9 Å². The summed E-state index contributed by atoms with van der Waals surface area (Å²) < 4.78 is 1.93. The fraction of sp³-hybridized carbons (Fsp3) is 0.158. The quantitative estimate of drug-likeness (QED) is 0.515. The summed E-state index contributed by atoms with van der Waals surface area (Å²) >= 11 is 0. The van der Waals surface area contributed by atoms with Gasteiger partial charge in [0.15, 0.2) is 11.5 Å². The first-order chi connectivity index (χ1) is 11.0. The second-order valence-electron chi connectivity index (χ2n) is 5.23. The number of aromatic nitrogens is 1. The van der Waals surface area contributed by atoms with Gasteiger partial charge in [-0.3, -0.25) is 4.79 Å². The average molecular weight is 309 g/mol. The van der Waals surface area contributed by atoms with Gasteiger partial charge in [0, 0.05) is 6.92 Å². The van der Waals surface area contributed by atoms with Gasteiger partial charge in [-0.1, -0.05) is 37.0 Å². The Hall–Kier alpha value is -2.88. The van der Waals surface area contributed by atoms with E-state index in [9.17, 15) is 9.90 Å². The number of carbonyl (C=O) groups excluding carboxylic acids is 1. The highest BCUT2D eigenvalue weighted by Crippen LogP contribution is 2.28. The number of pyridine rings is 1. The highest BCUT2D eigenvalue weighted by atomic mass is 16.3. The number of carbonyl (C=O) groups is 1. The maximum absolute atomic E-state index is 11.3. The first-order valence-corrected chi connectivity index (χ1v) is 7.38. The molecule has 118 valence electrons. The number of Topliss-reactive ketones (excluding diaryl/α,β-unsaturated/α-hetero) is 1. The van der Waals surface area contributed by atoms with Crippen molar-refractivity contribution in [3.63, 3.8) is 0 Å². The van der Waals surface area contributed by atoms with E-state index in [1.807, 2.05) is 48.2 Å². The van der Waals surface area contributed by atoms with Crippen molar-refractivity contribution in [1.82, 2.24) is 0 Å². The number of hydrogen-bond donors (Lipinski definition) is 1. The molecule has 0 aromatic carbocycles. The van der Waals surface area contributed by atoms with Crippen molar-refractivity contribution in [2.24, 2.45) is 7.05 Å². The van der Waals surface area contributed by atoms with E-state index in [2.05, 4.69) is 18.7 Å². The van der Waals surface area contributed by atoms with Crippen molar-refractivity contribution in [3.8, 4) is 0 Å². The minimum atomic E-state index is -0.392. The molecule has 0 saturated heterocycles. The minimum absolute atomic E-state index is 0.311. The summed E-state index contributed by atoms with van der Waals surface area (Å²) in [6.07, 6.45) is 15.8. The van der Waals surface area contributed by atoms with Crippen molar-refractivity contribution in [2.75, 3.05) is 4.90 Å². The van der Waals surface area contributed by atoms with Crippen LogP contribution in [0, 0.1) is 0 Å². The van der Waals surface area contributed by atoms with Crippen molar-refractivity contribution in [3.05, 3.63) is 79.0 Å². The Morgan fingerprint density at radius 1 is 1.39 bits per heavy atom. The SMILES string of the molecule is C=CN(C=C(O)C(C)=O)c1c(C2=CC=CC=CC2)ccc[n+]1C. The number of nitrogens with zero attached hydrogens (tertiary/aromatic N) is 2. The van der Waals surface area contributed by atoms with Crippen LogP contribution in [0.5, 0.6) is 0 Å². The smallest absolute Gasteiger partial charge is 0.293 e. The normalized spacial score (nSPS) is 14.2. The van der Waals surface area contributed by atoms with Crippen molar-refractivity contribution < 1.29 is 14.5 Å². The van der Waals surface area contributed by atoms with E-state index in [4.69, 9.17) is 0 Å². The van der Waals surface area contributed by atoms with Crippen LogP contribution >= 0.6 is 0 Å². The fourth-order valence-corrected chi connectivity index (χ4v) is 2.38. The van der Waals surface area contributed by atoms with Gasteiger partial charge in [0.2, 0.25) is 0 Å². The topological polar surface area (TPSA) is 44.4 Å². The van der Waals surface area contributed by atoms with Gasteiger partial charge in [-0.15, -0.1) is 0 Å². The van der Waals surface area contributed by atoms with Gasteiger partial charge >= 0.3 is 0 Å². The van der Waals surface area contributed by atoms with Gasteiger partial charge < -0.3 is 5.11 Å². The Morgan fingerprint density at radius 3 is 2.87 bits per heavy atom. The van der Waals surface area contributed by atoms with E-state index in [-0.39, 0.29) is 5.76 Å². The van der Waals surface area contributed by atoms with E-state index in [0.29, 0.717) is 0 Å². The predicted octanol–water partition coefficient (Wildman–Crippen LogP) is 3.35. The summed E-state index contributed by atoms with van der Waals surface area (Å²) in [4.78, 5) is 13.0. The summed E-state index contributed by atoms with van der Waals surface area (Å²) in [5.41, 5.74) is 2.16. The van der Waals surface area contributed by atoms with E-state index in [1.165, 1.54) is 13.1 Å². The molecule has 0 unspecified atom stereocenters. The summed E-state index contributed by atoms with van der Waals surface area (Å²) in [6.45, 7) is 5.12. The molecular weight excluding hydrogens is 288 g/mol. The molecular formula is C19H21N2O2+. The molecule has 4 heteroatoms. The van der Waals surface area contributed by atoms with Crippen LogP contribution in [0.15, 0.2) is 73.4 Å². The first kappa shape index (κ1) is 16.5. The molecule has 0 saturated carbocycles. The molecule has 0 radical (unpaired) electrons. The van der Waals surface area contributed by atoms with Crippen molar-refractivity contribution in [2.45, 2.75) is 13.3 Å². The van der Waals surface area contributed by atoms with Crippen LogP contribution < -0.4 is 9.47 Å². The van der Waals surface area contributed by atoms with E-state index in [0.717, 1.165) is 23.4 Å². The molecule has 1 aliphatic carbocycles. The van der Waals surface area contributed by atoms with Crippen molar-refractivity contribution >= 4 is 17.2 Å². The Balaban J connectivity index is 2.57. The monoisotopic (exact) mass is 309 g/mol. The van der Waals surface area contributed by atoms with Crippen LogP contribution in [0.4, 0.5) is 5.82 Å². The number of aliphatic hydroxyl groups excluding tert-OH is 1. The van der Waals surface area contributed by atoms with Crippen LogP contribution in [-0.2, 0) is 11.8 Å². The maximum atomic E-state index is 11.3. The molecule has 1 aromatic heterocycles. The van der Waals surface area contributed by atoms with Gasteiger partial charge in [0.1, 0.15) is 6.20 Å². The van der Waals surface area contributed by atoms with Crippen LogP contribution in [0.2, 0.25) is 0 Å². The molecule has 0 fully saturated rings. The minimum Gasteiger partial charge on any atom is -0.502 e. The zero-order valence-electron chi connectivity index (χ0n) is 13.4. The summed E-state index contributed by atoms with van der Waals surface area (Å²) in [5, 5.41) is 9.80. The first-order valence-electron chi connectivity index (χ1n) is 7.38. The van der Waals surface area contributed by atoms with Crippen LogP contribution in [0.25, 0.3) is 5.57 Å². The summed E-state index contributed by atoms with van der Waals surface area (Å²) in [7, 11) is 1.91. The lowest BCUT2D eigenvalue weighted by Gasteiger charge is -2.15. The number of aliphatic hydroxyl groups is 1. The molecule has 1 aliphatic rings. The molecule has 0 spiro atoms. The molecule has 23 heavy (non-hydrogen) atoms. The largest absolute Gasteiger partial charge is 0.502 e. The number of anilines is 1. The average Bonchev–Trinajstić information content (AvgIpc) is 2.81.